The van der Waals surface area contributed by atoms with Gasteiger partial charge in [0.2, 0.25) is 11.8 Å². The highest BCUT2D eigenvalue weighted by molar-refractivity contribution is 7.99. The van der Waals surface area contributed by atoms with Gasteiger partial charge in [0, 0.05) is 24.8 Å². The minimum absolute atomic E-state index is 0.0138. The van der Waals surface area contributed by atoms with Crippen LogP contribution in [0, 0.1) is 12.7 Å². The maximum absolute atomic E-state index is 13.6. The van der Waals surface area contributed by atoms with Crippen molar-refractivity contribution in [3.05, 3.63) is 107 Å². The summed E-state index contributed by atoms with van der Waals surface area (Å²) in [5, 5.41) is 3.09. The first-order valence-corrected chi connectivity index (χ1v) is 13.5. The fourth-order valence-electron chi connectivity index (χ4n) is 3.80. The van der Waals surface area contributed by atoms with E-state index in [9.17, 15) is 14.0 Å². The summed E-state index contributed by atoms with van der Waals surface area (Å²) in [6, 6.07) is 23.6. The average Bonchev–Trinajstić information content (AvgIpc) is 2.88. The van der Waals surface area contributed by atoms with Gasteiger partial charge in [-0.1, -0.05) is 79.2 Å². The first-order chi connectivity index (χ1) is 17.4. The van der Waals surface area contributed by atoms with Crippen molar-refractivity contribution in [2.75, 3.05) is 5.75 Å². The van der Waals surface area contributed by atoms with E-state index >= 15 is 0 Å². The molecule has 3 aromatic carbocycles. The van der Waals surface area contributed by atoms with E-state index in [1.54, 1.807) is 17.0 Å². The normalized spacial score (nSPS) is 12.6. The van der Waals surface area contributed by atoms with Gasteiger partial charge in [0.15, 0.2) is 0 Å². The van der Waals surface area contributed by atoms with Crippen molar-refractivity contribution < 1.29 is 14.0 Å². The molecule has 2 amide bonds. The molecule has 0 fully saturated rings. The van der Waals surface area contributed by atoms with Crippen LogP contribution in [0.25, 0.3) is 0 Å². The van der Waals surface area contributed by atoms with Gasteiger partial charge in [0.05, 0.1) is 5.75 Å². The molecule has 190 valence electrons. The minimum atomic E-state index is -0.637. The van der Waals surface area contributed by atoms with Crippen LogP contribution in [-0.2, 0) is 28.3 Å². The monoisotopic (exact) mass is 506 g/mol. The van der Waals surface area contributed by atoms with E-state index in [0.717, 1.165) is 28.7 Å². The van der Waals surface area contributed by atoms with E-state index in [0.29, 0.717) is 18.7 Å². The molecule has 0 aromatic heterocycles. The zero-order valence-electron chi connectivity index (χ0n) is 21.2. The highest BCUT2D eigenvalue weighted by atomic mass is 32.2. The Morgan fingerprint density at radius 3 is 2.19 bits per heavy atom. The SMILES string of the molecule is CC[C@H](C)NC(=O)[C@H](Cc1ccccc1)N(Cc1ccc(C)cc1)C(=O)CSCc1ccc(F)cc1. The van der Waals surface area contributed by atoms with Crippen LogP contribution in [-0.4, -0.2) is 34.6 Å². The summed E-state index contributed by atoms with van der Waals surface area (Å²) in [5.41, 5.74) is 4.07. The predicted octanol–water partition coefficient (Wildman–Crippen LogP) is 5.92. The molecule has 0 heterocycles. The number of thioether (sulfide) groups is 1. The van der Waals surface area contributed by atoms with E-state index < -0.39 is 6.04 Å². The first-order valence-electron chi connectivity index (χ1n) is 12.4. The van der Waals surface area contributed by atoms with Crippen LogP contribution in [0.2, 0.25) is 0 Å². The second-order valence-electron chi connectivity index (χ2n) is 9.15. The Morgan fingerprint density at radius 2 is 1.56 bits per heavy atom. The molecule has 0 aliphatic rings. The largest absolute Gasteiger partial charge is 0.352 e. The molecule has 0 bridgehead atoms. The molecule has 0 radical (unpaired) electrons. The van der Waals surface area contributed by atoms with Crippen molar-refractivity contribution >= 4 is 23.6 Å². The van der Waals surface area contributed by atoms with Gasteiger partial charge in [0.1, 0.15) is 11.9 Å². The van der Waals surface area contributed by atoms with Gasteiger partial charge in [-0.05, 0) is 49.1 Å². The van der Waals surface area contributed by atoms with Crippen molar-refractivity contribution in [2.45, 2.75) is 58.0 Å². The van der Waals surface area contributed by atoms with E-state index in [-0.39, 0.29) is 29.4 Å². The zero-order valence-corrected chi connectivity index (χ0v) is 22.1. The van der Waals surface area contributed by atoms with Crippen LogP contribution in [0.3, 0.4) is 0 Å². The van der Waals surface area contributed by atoms with Gasteiger partial charge in [-0.15, -0.1) is 11.8 Å². The summed E-state index contributed by atoms with van der Waals surface area (Å²) >= 11 is 1.47. The van der Waals surface area contributed by atoms with Gasteiger partial charge in [-0.25, -0.2) is 4.39 Å². The van der Waals surface area contributed by atoms with E-state index in [4.69, 9.17) is 0 Å². The highest BCUT2D eigenvalue weighted by Gasteiger charge is 2.30. The van der Waals surface area contributed by atoms with E-state index in [2.05, 4.69) is 5.32 Å². The third-order valence-electron chi connectivity index (χ3n) is 6.15. The third kappa shape index (κ3) is 8.52. The van der Waals surface area contributed by atoms with Crippen molar-refractivity contribution in [1.82, 2.24) is 10.2 Å². The first kappa shape index (κ1) is 27.5. The minimum Gasteiger partial charge on any atom is -0.352 e. The summed E-state index contributed by atoms with van der Waals surface area (Å²) in [7, 11) is 0. The second kappa shape index (κ2) is 13.8. The number of hydrogen-bond acceptors (Lipinski definition) is 3. The Balaban J connectivity index is 1.84. The number of carbonyl (C=O) groups excluding carboxylic acids is 2. The number of carbonyl (C=O) groups is 2. The molecule has 3 aromatic rings. The standard InChI is InChI=1S/C30H35FN2O2S/c1-4-23(3)32-30(35)28(18-24-8-6-5-7-9-24)33(19-25-12-10-22(2)11-13-25)29(34)21-36-20-26-14-16-27(31)17-15-26/h5-17,23,28H,4,18-21H2,1-3H3,(H,32,35)/t23-,28-/m0/s1. The molecule has 0 aliphatic carbocycles. The number of aryl methyl sites for hydroxylation is 1. The lowest BCUT2D eigenvalue weighted by atomic mass is 10.0. The van der Waals surface area contributed by atoms with Gasteiger partial charge >= 0.3 is 0 Å². The van der Waals surface area contributed by atoms with Crippen LogP contribution >= 0.6 is 11.8 Å². The lowest BCUT2D eigenvalue weighted by Crippen LogP contribution is -2.52. The van der Waals surface area contributed by atoms with Gasteiger partial charge in [-0.2, -0.15) is 0 Å². The van der Waals surface area contributed by atoms with E-state index in [1.807, 2.05) is 75.4 Å². The fourth-order valence-corrected chi connectivity index (χ4v) is 4.68. The molecule has 36 heavy (non-hydrogen) atoms. The third-order valence-corrected chi connectivity index (χ3v) is 7.14. The molecule has 0 saturated carbocycles. The molecular formula is C30H35FN2O2S. The Morgan fingerprint density at radius 1 is 0.917 bits per heavy atom. The summed E-state index contributed by atoms with van der Waals surface area (Å²) in [6.07, 6.45) is 1.24. The topological polar surface area (TPSA) is 49.4 Å². The number of nitrogens with one attached hydrogen (secondary N) is 1. The van der Waals surface area contributed by atoms with Gasteiger partial charge in [-0.3, -0.25) is 9.59 Å². The number of halogens is 1. The molecule has 4 nitrogen and oxygen atoms in total. The van der Waals surface area contributed by atoms with Crippen LogP contribution in [0.5, 0.6) is 0 Å². The van der Waals surface area contributed by atoms with Gasteiger partial charge < -0.3 is 10.2 Å². The van der Waals surface area contributed by atoms with Gasteiger partial charge in [0.25, 0.3) is 0 Å². The highest BCUT2D eigenvalue weighted by Crippen LogP contribution is 2.19. The predicted molar refractivity (Wildman–Crippen MR) is 146 cm³/mol. The Hall–Kier alpha value is -3.12. The fraction of sp³-hybridized carbons (Fsp3) is 0.333. The zero-order chi connectivity index (χ0) is 25.9. The number of benzene rings is 3. The molecule has 0 aliphatic heterocycles. The molecule has 6 heteroatoms. The molecule has 3 rings (SSSR count). The number of nitrogens with zero attached hydrogens (tertiary/aromatic N) is 1. The molecule has 0 saturated heterocycles. The van der Waals surface area contributed by atoms with Crippen molar-refractivity contribution in [3.8, 4) is 0 Å². The quantitative estimate of drug-likeness (QED) is 0.332. The molecule has 0 spiro atoms. The van der Waals surface area contributed by atoms with E-state index in [1.165, 1.54) is 23.9 Å². The Kier molecular flexibility index (Phi) is 10.6. The average molecular weight is 507 g/mol. The molecular weight excluding hydrogens is 471 g/mol. The lowest BCUT2D eigenvalue weighted by molar-refractivity contribution is -0.139. The maximum Gasteiger partial charge on any atom is 0.243 e. The van der Waals surface area contributed by atoms with Crippen molar-refractivity contribution in [3.63, 3.8) is 0 Å². The number of amides is 2. The van der Waals surface area contributed by atoms with Crippen LogP contribution in [0.1, 0.15) is 42.5 Å². The smallest absolute Gasteiger partial charge is 0.243 e. The van der Waals surface area contributed by atoms with Crippen LogP contribution in [0.4, 0.5) is 4.39 Å². The van der Waals surface area contributed by atoms with Crippen molar-refractivity contribution in [1.29, 1.82) is 0 Å². The molecule has 1 N–H and O–H groups in total. The number of hydrogen-bond donors (Lipinski definition) is 1. The summed E-state index contributed by atoms with van der Waals surface area (Å²) in [6.45, 7) is 6.37. The molecule has 0 unspecified atom stereocenters. The summed E-state index contributed by atoms with van der Waals surface area (Å²) in [5.74, 6) is 0.304. The van der Waals surface area contributed by atoms with Crippen LogP contribution < -0.4 is 5.32 Å². The van der Waals surface area contributed by atoms with Crippen LogP contribution in [0.15, 0.2) is 78.9 Å². The molecule has 2 atom stereocenters. The summed E-state index contributed by atoms with van der Waals surface area (Å²) in [4.78, 5) is 28.8. The Labute approximate surface area is 218 Å². The van der Waals surface area contributed by atoms with Crippen molar-refractivity contribution in [2.24, 2.45) is 0 Å². The number of rotatable bonds is 12. The Bertz CT molecular complexity index is 1100. The lowest BCUT2D eigenvalue weighted by Gasteiger charge is -2.32. The maximum atomic E-state index is 13.6. The second-order valence-corrected chi connectivity index (χ2v) is 10.1. The summed E-state index contributed by atoms with van der Waals surface area (Å²) < 4.78 is 13.2.